The number of halogens is 1. The lowest BCUT2D eigenvalue weighted by Crippen LogP contribution is -2.25. The second kappa shape index (κ2) is 5.12. The fourth-order valence-electron chi connectivity index (χ4n) is 2.12. The molecule has 0 radical (unpaired) electrons. The van der Waals surface area contributed by atoms with Gasteiger partial charge in [-0.1, -0.05) is 36.9 Å². The van der Waals surface area contributed by atoms with Crippen LogP contribution in [0, 0.1) is 11.3 Å². The molecule has 2 rings (SSSR count). The van der Waals surface area contributed by atoms with Crippen LogP contribution in [0.5, 0.6) is 0 Å². The zero-order valence-electron chi connectivity index (χ0n) is 9.08. The van der Waals surface area contributed by atoms with Crippen LogP contribution in [0.25, 0.3) is 0 Å². The Bertz CT molecular complexity index is 405. The van der Waals surface area contributed by atoms with E-state index in [1.165, 1.54) is 19.3 Å². The van der Waals surface area contributed by atoms with Gasteiger partial charge in [-0.3, -0.25) is 0 Å². The number of rotatable bonds is 2. The predicted molar refractivity (Wildman–Crippen MR) is 68.7 cm³/mol. The molecule has 0 aromatic heterocycles. The quantitative estimate of drug-likeness (QED) is 0.763. The Hall–Kier alpha value is -0.650. The van der Waals surface area contributed by atoms with Crippen LogP contribution < -0.4 is 0 Å². The zero-order chi connectivity index (χ0) is 11.4. The van der Waals surface area contributed by atoms with E-state index in [0.717, 1.165) is 22.8 Å². The maximum Gasteiger partial charge on any atom is 0.107 e. The fraction of sp³-hybridized carbons (Fsp3) is 0.462. The number of benzene rings is 1. The molecule has 0 heterocycles. The number of hydrogen-bond donors (Lipinski definition) is 0. The molecule has 0 unspecified atom stereocenters. The van der Waals surface area contributed by atoms with E-state index >= 15 is 0 Å². The number of nitrogens with zero attached hydrogens (tertiary/aromatic N) is 1. The van der Waals surface area contributed by atoms with Crippen LogP contribution in [0.1, 0.15) is 32.1 Å². The van der Waals surface area contributed by atoms with Crippen molar-refractivity contribution in [2.24, 2.45) is 0 Å². The molecule has 1 aromatic rings. The summed E-state index contributed by atoms with van der Waals surface area (Å²) in [6.45, 7) is 0. The molecular weight excluding hydrogens is 238 g/mol. The van der Waals surface area contributed by atoms with E-state index in [0.29, 0.717) is 0 Å². The summed E-state index contributed by atoms with van der Waals surface area (Å²) in [5, 5.41) is 10.1. The van der Waals surface area contributed by atoms with Crippen LogP contribution in [0.2, 0.25) is 5.02 Å². The summed E-state index contributed by atoms with van der Waals surface area (Å²) < 4.78 is -0.219. The van der Waals surface area contributed by atoms with E-state index in [4.69, 9.17) is 11.6 Å². The molecule has 0 N–H and O–H groups in total. The van der Waals surface area contributed by atoms with Crippen LogP contribution in [-0.4, -0.2) is 4.75 Å². The summed E-state index contributed by atoms with van der Waals surface area (Å²) in [5.41, 5.74) is 0. The first-order valence-corrected chi connectivity index (χ1v) is 6.79. The minimum atomic E-state index is -0.219. The van der Waals surface area contributed by atoms with Gasteiger partial charge in [-0.25, -0.2) is 0 Å². The molecule has 1 aromatic carbocycles. The molecule has 1 aliphatic rings. The van der Waals surface area contributed by atoms with E-state index in [1.54, 1.807) is 11.8 Å². The highest BCUT2D eigenvalue weighted by Crippen LogP contribution is 2.43. The molecule has 1 nitrogen and oxygen atoms in total. The maximum atomic E-state index is 9.37. The molecule has 3 heteroatoms. The topological polar surface area (TPSA) is 23.8 Å². The lowest BCUT2D eigenvalue weighted by molar-refractivity contribution is 0.459. The van der Waals surface area contributed by atoms with E-state index in [1.807, 2.05) is 24.3 Å². The second-order valence-corrected chi connectivity index (χ2v) is 6.12. The maximum absolute atomic E-state index is 9.37. The number of hydrogen-bond acceptors (Lipinski definition) is 2. The van der Waals surface area contributed by atoms with Crippen molar-refractivity contribution in [3.05, 3.63) is 29.3 Å². The molecule has 0 amide bonds. The molecule has 1 aliphatic carbocycles. The normalized spacial score (nSPS) is 19.0. The van der Waals surface area contributed by atoms with Gasteiger partial charge in [0.2, 0.25) is 0 Å². The smallest absolute Gasteiger partial charge is 0.107 e. The SMILES string of the molecule is N#CC1(Sc2cccc(Cl)c2)CCCCC1. The lowest BCUT2D eigenvalue weighted by Gasteiger charge is -2.29. The van der Waals surface area contributed by atoms with Crippen molar-refractivity contribution >= 4 is 23.4 Å². The van der Waals surface area contributed by atoms with Gasteiger partial charge in [0, 0.05) is 9.92 Å². The Balaban J connectivity index is 2.15. The van der Waals surface area contributed by atoms with Gasteiger partial charge in [0.15, 0.2) is 0 Å². The van der Waals surface area contributed by atoms with Crippen molar-refractivity contribution in [1.29, 1.82) is 5.26 Å². The Morgan fingerprint density at radius 2 is 2.00 bits per heavy atom. The Morgan fingerprint density at radius 1 is 1.25 bits per heavy atom. The van der Waals surface area contributed by atoms with Crippen molar-refractivity contribution in [2.45, 2.75) is 41.7 Å². The third-order valence-corrected chi connectivity index (χ3v) is 4.59. The molecule has 0 bridgehead atoms. The molecule has 1 saturated carbocycles. The van der Waals surface area contributed by atoms with Crippen molar-refractivity contribution in [3.63, 3.8) is 0 Å². The number of nitriles is 1. The predicted octanol–water partition coefficient (Wildman–Crippen LogP) is 4.66. The van der Waals surface area contributed by atoms with Crippen LogP contribution in [-0.2, 0) is 0 Å². The largest absolute Gasteiger partial charge is 0.197 e. The Labute approximate surface area is 106 Å². The first-order valence-electron chi connectivity index (χ1n) is 5.60. The van der Waals surface area contributed by atoms with Gasteiger partial charge in [0.1, 0.15) is 4.75 Å². The summed E-state index contributed by atoms with van der Waals surface area (Å²) in [6, 6.07) is 10.3. The molecule has 0 aliphatic heterocycles. The average Bonchev–Trinajstić information content (AvgIpc) is 2.30. The minimum Gasteiger partial charge on any atom is -0.197 e. The Kier molecular flexibility index (Phi) is 3.78. The van der Waals surface area contributed by atoms with Gasteiger partial charge in [-0.05, 0) is 31.0 Å². The standard InChI is InChI=1S/C13H14ClNS/c14-11-5-4-6-12(9-11)16-13(10-15)7-2-1-3-8-13/h4-6,9H,1-3,7-8H2. The highest BCUT2D eigenvalue weighted by atomic mass is 35.5. The third-order valence-electron chi connectivity index (χ3n) is 2.97. The highest BCUT2D eigenvalue weighted by molar-refractivity contribution is 8.01. The summed E-state index contributed by atoms with van der Waals surface area (Å²) in [6.07, 6.45) is 5.60. The fourth-order valence-corrected chi connectivity index (χ4v) is 3.69. The summed E-state index contributed by atoms with van der Waals surface area (Å²) in [4.78, 5) is 1.11. The molecule has 0 spiro atoms. The van der Waals surface area contributed by atoms with E-state index < -0.39 is 0 Å². The van der Waals surface area contributed by atoms with Crippen molar-refractivity contribution in [2.75, 3.05) is 0 Å². The monoisotopic (exact) mass is 251 g/mol. The van der Waals surface area contributed by atoms with Gasteiger partial charge in [0.05, 0.1) is 6.07 Å². The first-order chi connectivity index (χ1) is 7.74. The number of thioether (sulfide) groups is 1. The highest BCUT2D eigenvalue weighted by Gasteiger charge is 2.33. The average molecular weight is 252 g/mol. The van der Waals surface area contributed by atoms with Crippen molar-refractivity contribution < 1.29 is 0 Å². The van der Waals surface area contributed by atoms with Crippen molar-refractivity contribution in [3.8, 4) is 6.07 Å². The minimum absolute atomic E-state index is 0.219. The van der Waals surface area contributed by atoms with Gasteiger partial charge >= 0.3 is 0 Å². The van der Waals surface area contributed by atoms with Crippen LogP contribution in [0.15, 0.2) is 29.2 Å². The van der Waals surface area contributed by atoms with Gasteiger partial charge < -0.3 is 0 Å². The summed E-state index contributed by atoms with van der Waals surface area (Å²) >= 11 is 7.64. The van der Waals surface area contributed by atoms with Crippen LogP contribution in [0.4, 0.5) is 0 Å². The van der Waals surface area contributed by atoms with Crippen molar-refractivity contribution in [1.82, 2.24) is 0 Å². The Morgan fingerprint density at radius 3 is 2.62 bits per heavy atom. The molecular formula is C13H14ClNS. The second-order valence-electron chi connectivity index (χ2n) is 4.23. The third kappa shape index (κ3) is 2.72. The summed E-state index contributed by atoms with van der Waals surface area (Å²) in [5.74, 6) is 0. The van der Waals surface area contributed by atoms with E-state index in [9.17, 15) is 5.26 Å². The molecule has 16 heavy (non-hydrogen) atoms. The molecule has 1 fully saturated rings. The molecule has 0 atom stereocenters. The molecule has 0 saturated heterocycles. The van der Waals surface area contributed by atoms with E-state index in [-0.39, 0.29) is 4.75 Å². The van der Waals surface area contributed by atoms with Gasteiger partial charge in [0.25, 0.3) is 0 Å². The van der Waals surface area contributed by atoms with E-state index in [2.05, 4.69) is 6.07 Å². The lowest BCUT2D eigenvalue weighted by atomic mass is 9.89. The zero-order valence-corrected chi connectivity index (χ0v) is 10.7. The summed E-state index contributed by atoms with van der Waals surface area (Å²) in [7, 11) is 0. The van der Waals surface area contributed by atoms with Gasteiger partial charge in [-0.2, -0.15) is 5.26 Å². The van der Waals surface area contributed by atoms with Crippen LogP contribution in [0.3, 0.4) is 0 Å². The van der Waals surface area contributed by atoms with Crippen LogP contribution >= 0.6 is 23.4 Å². The first kappa shape index (κ1) is 11.8. The van der Waals surface area contributed by atoms with Gasteiger partial charge in [-0.15, -0.1) is 11.8 Å². The molecule has 84 valence electrons.